The summed E-state index contributed by atoms with van der Waals surface area (Å²) in [6, 6.07) is 19.4. The van der Waals surface area contributed by atoms with E-state index in [2.05, 4.69) is 10.2 Å². The molecule has 1 atom stereocenters. The van der Waals surface area contributed by atoms with Crippen molar-refractivity contribution in [3.8, 4) is 5.69 Å². The molecule has 0 aliphatic heterocycles. The Labute approximate surface area is 135 Å². The number of nitrogens with zero attached hydrogens (tertiary/aromatic N) is 4. The average Bonchev–Trinajstić information content (AvgIpc) is 3.11. The average molecular weight is 306 g/mol. The minimum absolute atomic E-state index is 0.0365. The molecule has 0 N–H and O–H groups in total. The van der Waals surface area contributed by atoms with E-state index in [1.807, 2.05) is 67.6 Å². The molecule has 3 aromatic rings. The molecule has 0 fully saturated rings. The maximum absolute atomic E-state index is 12.6. The Kier molecular flexibility index (Phi) is 4.19. The molecule has 3 rings (SSSR count). The number of carbonyl (C=O) groups is 1. The standard InChI is InChI=1S/C18H18N4O/c1-14(15-9-5-3-6-10-15)21(2)18(23)17-13-19-22(20-17)16-11-7-4-8-12-16/h3-14H,1-2H3. The monoisotopic (exact) mass is 306 g/mol. The summed E-state index contributed by atoms with van der Waals surface area (Å²) in [7, 11) is 1.78. The van der Waals surface area contributed by atoms with Crippen molar-refractivity contribution in [2.24, 2.45) is 0 Å². The third kappa shape index (κ3) is 3.13. The number of hydrogen-bond donors (Lipinski definition) is 0. The summed E-state index contributed by atoms with van der Waals surface area (Å²) in [6.45, 7) is 1.99. The second kappa shape index (κ2) is 6.44. The summed E-state index contributed by atoms with van der Waals surface area (Å²) < 4.78 is 0. The minimum Gasteiger partial charge on any atom is -0.334 e. The van der Waals surface area contributed by atoms with Crippen molar-refractivity contribution < 1.29 is 4.79 Å². The zero-order valence-corrected chi connectivity index (χ0v) is 13.1. The topological polar surface area (TPSA) is 51.0 Å². The Bertz CT molecular complexity index is 783. The highest BCUT2D eigenvalue weighted by atomic mass is 16.2. The number of aromatic nitrogens is 3. The largest absolute Gasteiger partial charge is 0.334 e. The number of rotatable bonds is 4. The van der Waals surface area contributed by atoms with Gasteiger partial charge >= 0.3 is 0 Å². The van der Waals surface area contributed by atoms with Crippen LogP contribution in [-0.2, 0) is 0 Å². The fourth-order valence-corrected chi connectivity index (χ4v) is 2.36. The fraction of sp³-hybridized carbons (Fsp3) is 0.167. The number of hydrogen-bond acceptors (Lipinski definition) is 3. The van der Waals surface area contributed by atoms with Gasteiger partial charge in [-0.05, 0) is 24.6 Å². The van der Waals surface area contributed by atoms with E-state index in [0.29, 0.717) is 5.69 Å². The molecule has 2 aromatic carbocycles. The first-order chi connectivity index (χ1) is 11.2. The van der Waals surface area contributed by atoms with E-state index in [0.717, 1.165) is 11.3 Å². The highest BCUT2D eigenvalue weighted by molar-refractivity contribution is 5.92. The van der Waals surface area contributed by atoms with Gasteiger partial charge in [0, 0.05) is 7.05 Å². The summed E-state index contributed by atoms with van der Waals surface area (Å²) in [6.07, 6.45) is 1.50. The first-order valence-corrected chi connectivity index (χ1v) is 7.46. The lowest BCUT2D eigenvalue weighted by Gasteiger charge is -2.24. The van der Waals surface area contributed by atoms with E-state index in [1.165, 1.54) is 11.0 Å². The van der Waals surface area contributed by atoms with E-state index in [-0.39, 0.29) is 11.9 Å². The number of carbonyl (C=O) groups excluding carboxylic acids is 1. The quantitative estimate of drug-likeness (QED) is 0.744. The van der Waals surface area contributed by atoms with Crippen molar-refractivity contribution in [3.63, 3.8) is 0 Å². The van der Waals surface area contributed by atoms with Crippen LogP contribution in [0.3, 0.4) is 0 Å². The van der Waals surface area contributed by atoms with E-state index < -0.39 is 0 Å². The normalized spacial score (nSPS) is 11.9. The van der Waals surface area contributed by atoms with Crippen LogP contribution in [0.5, 0.6) is 0 Å². The third-order valence-electron chi connectivity index (χ3n) is 3.88. The first-order valence-electron chi connectivity index (χ1n) is 7.46. The van der Waals surface area contributed by atoms with E-state index in [9.17, 15) is 4.79 Å². The SMILES string of the molecule is CC(c1ccccc1)N(C)C(=O)c1cnn(-c2ccccc2)n1. The van der Waals surface area contributed by atoms with Gasteiger partial charge in [0.2, 0.25) is 0 Å². The molecule has 0 saturated carbocycles. The molecule has 0 bridgehead atoms. The number of amides is 1. The van der Waals surface area contributed by atoms with Crippen LogP contribution in [0.4, 0.5) is 0 Å². The second-order valence-corrected chi connectivity index (χ2v) is 5.36. The Morgan fingerprint density at radius 3 is 2.30 bits per heavy atom. The fourth-order valence-electron chi connectivity index (χ4n) is 2.36. The van der Waals surface area contributed by atoms with Crippen molar-refractivity contribution in [1.29, 1.82) is 0 Å². The zero-order chi connectivity index (χ0) is 16.2. The van der Waals surface area contributed by atoms with Crippen molar-refractivity contribution >= 4 is 5.91 Å². The van der Waals surface area contributed by atoms with Gasteiger partial charge in [-0.25, -0.2) is 0 Å². The summed E-state index contributed by atoms with van der Waals surface area (Å²) in [5.74, 6) is -0.150. The molecule has 1 unspecified atom stereocenters. The highest BCUT2D eigenvalue weighted by Gasteiger charge is 2.21. The summed E-state index contributed by atoms with van der Waals surface area (Å²) in [5.41, 5.74) is 2.24. The van der Waals surface area contributed by atoms with E-state index in [4.69, 9.17) is 0 Å². The Morgan fingerprint density at radius 1 is 1.04 bits per heavy atom. The van der Waals surface area contributed by atoms with Gasteiger partial charge in [0.1, 0.15) is 0 Å². The third-order valence-corrected chi connectivity index (χ3v) is 3.88. The smallest absolute Gasteiger partial charge is 0.276 e. The van der Waals surface area contributed by atoms with Crippen LogP contribution in [0.2, 0.25) is 0 Å². The molecule has 0 aliphatic rings. The van der Waals surface area contributed by atoms with Crippen LogP contribution in [-0.4, -0.2) is 32.8 Å². The number of benzene rings is 2. The first kappa shape index (κ1) is 15.0. The lowest BCUT2D eigenvalue weighted by Crippen LogP contribution is -2.30. The van der Waals surface area contributed by atoms with Gasteiger partial charge in [-0.15, -0.1) is 5.10 Å². The molecular weight excluding hydrogens is 288 g/mol. The van der Waals surface area contributed by atoms with Crippen LogP contribution < -0.4 is 0 Å². The molecule has 0 radical (unpaired) electrons. The van der Waals surface area contributed by atoms with Crippen molar-refractivity contribution in [2.75, 3.05) is 7.05 Å². The van der Waals surface area contributed by atoms with Gasteiger partial charge in [0.05, 0.1) is 17.9 Å². The van der Waals surface area contributed by atoms with Gasteiger partial charge in [0.15, 0.2) is 5.69 Å². The van der Waals surface area contributed by atoms with Gasteiger partial charge in [-0.3, -0.25) is 4.79 Å². The zero-order valence-electron chi connectivity index (χ0n) is 13.1. The van der Waals surface area contributed by atoms with Gasteiger partial charge in [0.25, 0.3) is 5.91 Å². The van der Waals surface area contributed by atoms with Crippen LogP contribution in [0.15, 0.2) is 66.9 Å². The van der Waals surface area contributed by atoms with Gasteiger partial charge < -0.3 is 4.90 Å². The molecule has 5 heteroatoms. The van der Waals surface area contributed by atoms with Crippen molar-refractivity contribution in [3.05, 3.63) is 78.1 Å². The van der Waals surface area contributed by atoms with Crippen molar-refractivity contribution in [2.45, 2.75) is 13.0 Å². The minimum atomic E-state index is -0.150. The molecule has 1 heterocycles. The molecule has 1 aromatic heterocycles. The lowest BCUT2D eigenvalue weighted by atomic mass is 10.1. The predicted octanol–water partition coefficient (Wildman–Crippen LogP) is 3.10. The summed E-state index contributed by atoms with van der Waals surface area (Å²) >= 11 is 0. The van der Waals surface area contributed by atoms with Gasteiger partial charge in [-0.2, -0.15) is 9.90 Å². The van der Waals surface area contributed by atoms with Gasteiger partial charge in [-0.1, -0.05) is 48.5 Å². The highest BCUT2D eigenvalue weighted by Crippen LogP contribution is 2.19. The predicted molar refractivity (Wildman–Crippen MR) is 88.3 cm³/mol. The Morgan fingerprint density at radius 2 is 1.65 bits per heavy atom. The molecule has 1 amide bonds. The molecule has 23 heavy (non-hydrogen) atoms. The molecule has 116 valence electrons. The van der Waals surface area contributed by atoms with Crippen LogP contribution in [0, 0.1) is 0 Å². The Hall–Kier alpha value is -2.95. The molecule has 0 spiro atoms. The van der Waals surface area contributed by atoms with E-state index in [1.54, 1.807) is 11.9 Å². The summed E-state index contributed by atoms with van der Waals surface area (Å²) in [5, 5.41) is 8.47. The summed E-state index contributed by atoms with van der Waals surface area (Å²) in [4.78, 5) is 15.8. The number of para-hydroxylation sites is 1. The van der Waals surface area contributed by atoms with Crippen LogP contribution in [0.1, 0.15) is 29.0 Å². The molecule has 0 aliphatic carbocycles. The lowest BCUT2D eigenvalue weighted by molar-refractivity contribution is 0.0736. The Balaban J connectivity index is 1.79. The second-order valence-electron chi connectivity index (χ2n) is 5.36. The molecule has 5 nitrogen and oxygen atoms in total. The van der Waals surface area contributed by atoms with Crippen molar-refractivity contribution in [1.82, 2.24) is 19.9 Å². The molecular formula is C18H18N4O. The molecule has 0 saturated heterocycles. The van der Waals surface area contributed by atoms with Crippen LogP contribution >= 0.6 is 0 Å². The van der Waals surface area contributed by atoms with Crippen LogP contribution in [0.25, 0.3) is 5.69 Å². The maximum atomic E-state index is 12.6. The maximum Gasteiger partial charge on any atom is 0.276 e. The van der Waals surface area contributed by atoms with E-state index >= 15 is 0 Å².